The Balaban J connectivity index is 2.47. The van der Waals surface area contributed by atoms with Crippen LogP contribution in [-0.4, -0.2) is 9.78 Å². The maximum Gasteiger partial charge on any atom is 0.433 e. The van der Waals surface area contributed by atoms with Crippen molar-refractivity contribution in [1.29, 1.82) is 0 Å². The van der Waals surface area contributed by atoms with Crippen molar-refractivity contribution < 1.29 is 13.2 Å². The van der Waals surface area contributed by atoms with Gasteiger partial charge in [-0.05, 0) is 18.2 Å². The average Bonchev–Trinajstić information content (AvgIpc) is 2.68. The lowest BCUT2D eigenvalue weighted by Gasteiger charge is -2.04. The Morgan fingerprint density at radius 3 is 2.67 bits per heavy atom. The summed E-state index contributed by atoms with van der Waals surface area (Å²) in [4.78, 5) is 0.682. The van der Waals surface area contributed by atoms with Crippen LogP contribution in [0.5, 0.6) is 0 Å². The van der Waals surface area contributed by atoms with Crippen LogP contribution < -0.4 is 0 Å². The number of rotatable bonds is 1. The number of aryl methyl sites for hydroxylation is 1. The first-order valence-corrected chi connectivity index (χ1v) is 4.87. The SMILES string of the molecule is Cn1nc(-c2cc[c]s2)cc1C(F)(F)F. The van der Waals surface area contributed by atoms with E-state index in [4.69, 9.17) is 0 Å². The number of hydrogen-bond acceptors (Lipinski definition) is 2. The summed E-state index contributed by atoms with van der Waals surface area (Å²) in [6.07, 6.45) is -4.36. The molecular formula is C9H6F3N2S. The molecule has 2 nitrogen and oxygen atoms in total. The lowest BCUT2D eigenvalue weighted by Crippen LogP contribution is -2.11. The van der Waals surface area contributed by atoms with Gasteiger partial charge in [0.1, 0.15) is 11.4 Å². The molecule has 0 atom stereocenters. The van der Waals surface area contributed by atoms with Crippen molar-refractivity contribution in [2.75, 3.05) is 0 Å². The molecule has 0 aliphatic heterocycles. The van der Waals surface area contributed by atoms with Crippen LogP contribution in [0.3, 0.4) is 0 Å². The molecule has 2 aromatic heterocycles. The third kappa shape index (κ3) is 1.90. The highest BCUT2D eigenvalue weighted by molar-refractivity contribution is 7.13. The number of nitrogens with zero attached hydrogens (tertiary/aromatic N) is 2. The monoisotopic (exact) mass is 231 g/mol. The predicted octanol–water partition coefficient (Wildman–Crippen LogP) is 2.97. The van der Waals surface area contributed by atoms with Crippen molar-refractivity contribution in [2.45, 2.75) is 6.18 Å². The summed E-state index contributed by atoms with van der Waals surface area (Å²) < 4.78 is 38.2. The smallest absolute Gasteiger partial charge is 0.263 e. The van der Waals surface area contributed by atoms with Crippen molar-refractivity contribution in [2.24, 2.45) is 7.05 Å². The normalized spacial score (nSPS) is 12.0. The number of aromatic nitrogens is 2. The van der Waals surface area contributed by atoms with Crippen molar-refractivity contribution in [3.63, 3.8) is 0 Å². The molecule has 0 N–H and O–H groups in total. The zero-order chi connectivity index (χ0) is 11.1. The number of thiophene rings is 1. The van der Waals surface area contributed by atoms with Crippen LogP contribution >= 0.6 is 11.3 Å². The lowest BCUT2D eigenvalue weighted by molar-refractivity contribution is -0.143. The van der Waals surface area contributed by atoms with E-state index < -0.39 is 11.9 Å². The number of halogens is 3. The fourth-order valence-electron chi connectivity index (χ4n) is 1.23. The molecule has 0 saturated carbocycles. The van der Waals surface area contributed by atoms with Crippen LogP contribution in [-0.2, 0) is 13.2 Å². The molecule has 2 aromatic rings. The first-order valence-electron chi connectivity index (χ1n) is 4.06. The summed E-state index contributed by atoms with van der Waals surface area (Å²) in [6.45, 7) is 0. The van der Waals surface area contributed by atoms with Crippen LogP contribution in [0, 0.1) is 5.38 Å². The molecule has 2 rings (SSSR count). The molecule has 0 aromatic carbocycles. The summed E-state index contributed by atoms with van der Waals surface area (Å²) >= 11 is 1.24. The van der Waals surface area contributed by atoms with Gasteiger partial charge in [-0.2, -0.15) is 18.3 Å². The first kappa shape index (κ1) is 10.2. The van der Waals surface area contributed by atoms with Gasteiger partial charge in [-0.25, -0.2) is 0 Å². The van der Waals surface area contributed by atoms with E-state index in [0.29, 0.717) is 10.6 Å². The second-order valence-corrected chi connectivity index (χ2v) is 3.83. The van der Waals surface area contributed by atoms with Crippen LogP contribution in [0.1, 0.15) is 5.69 Å². The highest BCUT2D eigenvalue weighted by atomic mass is 32.1. The van der Waals surface area contributed by atoms with Gasteiger partial charge in [0, 0.05) is 12.4 Å². The fraction of sp³-hybridized carbons (Fsp3) is 0.222. The Kier molecular flexibility index (Phi) is 2.30. The number of alkyl halides is 3. The summed E-state index contributed by atoms with van der Waals surface area (Å²) in [7, 11) is 1.28. The van der Waals surface area contributed by atoms with E-state index in [2.05, 4.69) is 10.5 Å². The molecule has 0 spiro atoms. The van der Waals surface area contributed by atoms with Crippen LogP contribution in [0.4, 0.5) is 13.2 Å². The van der Waals surface area contributed by atoms with Gasteiger partial charge in [-0.3, -0.25) is 4.68 Å². The van der Waals surface area contributed by atoms with Gasteiger partial charge in [0.05, 0.1) is 4.88 Å². The first-order chi connectivity index (χ1) is 6.98. The Bertz CT molecular complexity index is 456. The van der Waals surface area contributed by atoms with E-state index in [1.165, 1.54) is 18.4 Å². The molecule has 79 valence electrons. The molecule has 0 bridgehead atoms. The topological polar surface area (TPSA) is 17.8 Å². The Morgan fingerprint density at radius 2 is 2.20 bits per heavy atom. The van der Waals surface area contributed by atoms with E-state index in [-0.39, 0.29) is 0 Å². The third-order valence-corrected chi connectivity index (χ3v) is 2.71. The maximum atomic E-state index is 12.4. The molecule has 0 amide bonds. The van der Waals surface area contributed by atoms with Crippen molar-refractivity contribution in [1.82, 2.24) is 9.78 Å². The largest absolute Gasteiger partial charge is 0.433 e. The lowest BCUT2D eigenvalue weighted by atomic mass is 10.3. The molecule has 0 saturated heterocycles. The van der Waals surface area contributed by atoms with Crippen LogP contribution in [0.15, 0.2) is 18.2 Å². The molecule has 0 unspecified atom stereocenters. The predicted molar refractivity (Wildman–Crippen MR) is 50.4 cm³/mol. The molecule has 2 heterocycles. The van der Waals surface area contributed by atoms with E-state index in [0.717, 1.165) is 10.7 Å². The Hall–Kier alpha value is -1.30. The van der Waals surface area contributed by atoms with Crippen molar-refractivity contribution in [3.8, 4) is 10.6 Å². The minimum atomic E-state index is -4.36. The quantitative estimate of drug-likeness (QED) is 0.737. The zero-order valence-electron chi connectivity index (χ0n) is 7.67. The van der Waals surface area contributed by atoms with E-state index >= 15 is 0 Å². The average molecular weight is 231 g/mol. The minimum absolute atomic E-state index is 0.330. The molecule has 0 aliphatic carbocycles. The molecular weight excluding hydrogens is 225 g/mol. The van der Waals surface area contributed by atoms with Gasteiger partial charge >= 0.3 is 6.18 Å². The summed E-state index contributed by atoms with van der Waals surface area (Å²) in [5, 5.41) is 6.61. The molecule has 15 heavy (non-hydrogen) atoms. The molecule has 0 fully saturated rings. The summed E-state index contributed by atoms with van der Waals surface area (Å²) in [6, 6.07) is 4.38. The van der Waals surface area contributed by atoms with Crippen molar-refractivity contribution in [3.05, 3.63) is 29.3 Å². The Morgan fingerprint density at radius 1 is 1.47 bits per heavy atom. The van der Waals surface area contributed by atoms with E-state index in [1.54, 1.807) is 12.1 Å². The standard InChI is InChI=1S/C9H6F3N2S/c1-14-8(9(10,11)12)5-6(13-14)7-3-2-4-15-7/h2-3,5H,1H3. The summed E-state index contributed by atoms with van der Waals surface area (Å²) in [5.74, 6) is 0. The minimum Gasteiger partial charge on any atom is -0.263 e. The van der Waals surface area contributed by atoms with Gasteiger partial charge < -0.3 is 0 Å². The van der Waals surface area contributed by atoms with Crippen LogP contribution in [0.2, 0.25) is 0 Å². The zero-order valence-corrected chi connectivity index (χ0v) is 8.49. The summed E-state index contributed by atoms with van der Waals surface area (Å²) in [5.41, 5.74) is -0.415. The van der Waals surface area contributed by atoms with Gasteiger partial charge in [-0.15, -0.1) is 11.3 Å². The van der Waals surface area contributed by atoms with E-state index in [9.17, 15) is 13.2 Å². The number of hydrogen-bond donors (Lipinski definition) is 0. The third-order valence-electron chi connectivity index (χ3n) is 1.89. The second kappa shape index (κ2) is 3.37. The Labute approximate surface area is 88.0 Å². The molecule has 6 heteroatoms. The van der Waals surface area contributed by atoms with Gasteiger partial charge in [-0.1, -0.05) is 0 Å². The maximum absolute atomic E-state index is 12.4. The fourth-order valence-corrected chi connectivity index (χ4v) is 1.84. The van der Waals surface area contributed by atoms with Crippen LogP contribution in [0.25, 0.3) is 10.6 Å². The highest BCUT2D eigenvalue weighted by Crippen LogP contribution is 2.32. The highest BCUT2D eigenvalue weighted by Gasteiger charge is 2.35. The second-order valence-electron chi connectivity index (χ2n) is 2.95. The van der Waals surface area contributed by atoms with Gasteiger partial charge in [0.2, 0.25) is 0 Å². The van der Waals surface area contributed by atoms with E-state index in [1.807, 2.05) is 0 Å². The van der Waals surface area contributed by atoms with Gasteiger partial charge in [0.25, 0.3) is 0 Å². The molecule has 0 aliphatic rings. The van der Waals surface area contributed by atoms with Gasteiger partial charge in [0.15, 0.2) is 0 Å². The molecule has 1 radical (unpaired) electrons. The van der Waals surface area contributed by atoms with Crippen molar-refractivity contribution >= 4 is 11.3 Å².